The zero-order valence-corrected chi connectivity index (χ0v) is 13.5. The van der Waals surface area contributed by atoms with E-state index in [0.29, 0.717) is 24.2 Å². The van der Waals surface area contributed by atoms with Gasteiger partial charge in [-0.2, -0.15) is 0 Å². The highest BCUT2D eigenvalue weighted by atomic mass is 16.5. The maximum atomic E-state index is 11.8. The molecule has 3 unspecified atom stereocenters. The third-order valence-corrected chi connectivity index (χ3v) is 3.67. The molecule has 0 aromatic carbocycles. The van der Waals surface area contributed by atoms with Crippen molar-refractivity contribution in [2.75, 3.05) is 13.1 Å². The summed E-state index contributed by atoms with van der Waals surface area (Å²) in [4.78, 5) is 16.2. The van der Waals surface area contributed by atoms with Gasteiger partial charge in [0.25, 0.3) is 0 Å². The Bertz CT molecular complexity index is 403. The number of hydrogen-bond donors (Lipinski definition) is 3. The number of carbonyl (C=O) groups excluding carboxylic acids is 1. The summed E-state index contributed by atoms with van der Waals surface area (Å²) in [5.41, 5.74) is -0.225. The van der Waals surface area contributed by atoms with E-state index in [2.05, 4.69) is 20.9 Å². The lowest BCUT2D eigenvalue weighted by Crippen LogP contribution is -2.48. The Labute approximate surface area is 127 Å². The normalized spacial score (nSPS) is 28.6. The Morgan fingerprint density at radius 1 is 1.33 bits per heavy atom. The SMILES string of the molecule is CCNC(=NCC(=O)NC(C)(C)C)NC1CC2CCC1O2. The van der Waals surface area contributed by atoms with E-state index >= 15 is 0 Å². The molecule has 6 nitrogen and oxygen atoms in total. The number of carbonyl (C=O) groups is 1. The van der Waals surface area contributed by atoms with E-state index < -0.39 is 0 Å². The average Bonchev–Trinajstić information content (AvgIpc) is 2.96. The zero-order chi connectivity index (χ0) is 15.5. The predicted molar refractivity (Wildman–Crippen MR) is 83.3 cm³/mol. The number of rotatable bonds is 4. The van der Waals surface area contributed by atoms with E-state index in [1.807, 2.05) is 27.7 Å². The van der Waals surface area contributed by atoms with Crippen molar-refractivity contribution in [3.8, 4) is 0 Å². The Kier molecular flexibility index (Phi) is 5.08. The van der Waals surface area contributed by atoms with Gasteiger partial charge >= 0.3 is 0 Å². The largest absolute Gasteiger partial charge is 0.373 e. The predicted octanol–water partition coefficient (Wildman–Crippen LogP) is 0.776. The molecular formula is C15H28N4O2. The third-order valence-electron chi connectivity index (χ3n) is 3.67. The van der Waals surface area contributed by atoms with Crippen LogP contribution in [-0.2, 0) is 9.53 Å². The molecular weight excluding hydrogens is 268 g/mol. The first kappa shape index (κ1) is 16.1. The maximum absolute atomic E-state index is 11.8. The van der Waals surface area contributed by atoms with Gasteiger partial charge in [-0.15, -0.1) is 0 Å². The summed E-state index contributed by atoms with van der Waals surface area (Å²) in [6.45, 7) is 8.81. The summed E-state index contributed by atoms with van der Waals surface area (Å²) in [5.74, 6) is 0.631. The molecule has 2 saturated heterocycles. The topological polar surface area (TPSA) is 74.8 Å². The van der Waals surface area contributed by atoms with Crippen LogP contribution in [0.25, 0.3) is 0 Å². The molecule has 120 valence electrons. The molecule has 0 aliphatic carbocycles. The van der Waals surface area contributed by atoms with Gasteiger partial charge < -0.3 is 20.7 Å². The summed E-state index contributed by atoms with van der Waals surface area (Å²) < 4.78 is 5.83. The second kappa shape index (κ2) is 6.64. The van der Waals surface area contributed by atoms with Crippen molar-refractivity contribution in [3.05, 3.63) is 0 Å². The van der Waals surface area contributed by atoms with Crippen LogP contribution >= 0.6 is 0 Å². The van der Waals surface area contributed by atoms with Crippen molar-refractivity contribution in [3.63, 3.8) is 0 Å². The van der Waals surface area contributed by atoms with Crippen molar-refractivity contribution in [2.24, 2.45) is 4.99 Å². The van der Waals surface area contributed by atoms with E-state index in [-0.39, 0.29) is 18.0 Å². The van der Waals surface area contributed by atoms with Crippen LogP contribution in [0.1, 0.15) is 47.0 Å². The molecule has 2 bridgehead atoms. The Morgan fingerprint density at radius 2 is 2.10 bits per heavy atom. The third kappa shape index (κ3) is 4.88. The van der Waals surface area contributed by atoms with Gasteiger partial charge in [0.05, 0.1) is 18.2 Å². The van der Waals surface area contributed by atoms with Crippen LogP contribution in [0.2, 0.25) is 0 Å². The van der Waals surface area contributed by atoms with E-state index in [1.54, 1.807) is 0 Å². The van der Waals surface area contributed by atoms with E-state index in [9.17, 15) is 4.79 Å². The van der Waals surface area contributed by atoms with Crippen LogP contribution < -0.4 is 16.0 Å². The van der Waals surface area contributed by atoms with Gasteiger partial charge in [-0.25, -0.2) is 4.99 Å². The average molecular weight is 296 g/mol. The van der Waals surface area contributed by atoms with E-state index in [0.717, 1.165) is 19.4 Å². The molecule has 2 rings (SSSR count). The van der Waals surface area contributed by atoms with Gasteiger partial charge in [0.1, 0.15) is 6.54 Å². The van der Waals surface area contributed by atoms with Gasteiger partial charge in [-0.1, -0.05) is 0 Å². The molecule has 3 N–H and O–H groups in total. The number of amides is 1. The van der Waals surface area contributed by atoms with Crippen LogP contribution in [0.4, 0.5) is 0 Å². The molecule has 1 amide bonds. The molecule has 0 saturated carbocycles. The van der Waals surface area contributed by atoms with Gasteiger partial charge in [0.2, 0.25) is 5.91 Å². The fourth-order valence-corrected chi connectivity index (χ4v) is 2.89. The summed E-state index contributed by atoms with van der Waals surface area (Å²) in [6, 6.07) is 0.312. The number of guanidine groups is 1. The Hall–Kier alpha value is -1.30. The van der Waals surface area contributed by atoms with Gasteiger partial charge in [0, 0.05) is 12.1 Å². The van der Waals surface area contributed by atoms with Crippen molar-refractivity contribution in [1.29, 1.82) is 0 Å². The monoisotopic (exact) mass is 296 g/mol. The van der Waals surface area contributed by atoms with Crippen LogP contribution in [0.15, 0.2) is 4.99 Å². The van der Waals surface area contributed by atoms with E-state index in [4.69, 9.17) is 4.74 Å². The quantitative estimate of drug-likeness (QED) is 0.529. The van der Waals surface area contributed by atoms with Gasteiger partial charge in [-0.05, 0) is 47.0 Å². The van der Waals surface area contributed by atoms with Gasteiger partial charge in [-0.3, -0.25) is 4.79 Å². The van der Waals surface area contributed by atoms with Crippen LogP contribution in [-0.4, -0.2) is 48.7 Å². The highest BCUT2D eigenvalue weighted by molar-refractivity contribution is 5.85. The highest BCUT2D eigenvalue weighted by Crippen LogP contribution is 2.34. The standard InChI is InChI=1S/C15H28N4O2/c1-5-16-14(17-9-13(20)19-15(2,3)4)18-11-8-10-6-7-12(11)21-10/h10-12H,5-9H2,1-4H3,(H,19,20)(H2,16,17,18). The van der Waals surface area contributed by atoms with Crippen LogP contribution in [0.3, 0.4) is 0 Å². The Balaban J connectivity index is 1.86. The lowest BCUT2D eigenvalue weighted by Gasteiger charge is -2.23. The van der Waals surface area contributed by atoms with Crippen molar-refractivity contribution < 1.29 is 9.53 Å². The van der Waals surface area contributed by atoms with Crippen molar-refractivity contribution >= 4 is 11.9 Å². The number of fused-ring (bicyclic) bond motifs is 2. The first-order valence-electron chi connectivity index (χ1n) is 7.88. The first-order chi connectivity index (χ1) is 9.87. The minimum atomic E-state index is -0.225. The van der Waals surface area contributed by atoms with Crippen molar-refractivity contribution in [2.45, 2.75) is 70.7 Å². The molecule has 0 radical (unpaired) electrons. The lowest BCUT2D eigenvalue weighted by molar-refractivity contribution is -0.121. The minimum Gasteiger partial charge on any atom is -0.373 e. The molecule has 2 aliphatic rings. The second-order valence-electron chi connectivity index (χ2n) is 6.85. The molecule has 6 heteroatoms. The smallest absolute Gasteiger partial charge is 0.242 e. The molecule has 0 aromatic heterocycles. The maximum Gasteiger partial charge on any atom is 0.242 e. The minimum absolute atomic E-state index is 0.0658. The molecule has 2 fully saturated rings. The zero-order valence-electron chi connectivity index (χ0n) is 13.5. The Morgan fingerprint density at radius 3 is 2.62 bits per heavy atom. The summed E-state index contributed by atoms with van der Waals surface area (Å²) in [5, 5.41) is 9.50. The highest BCUT2D eigenvalue weighted by Gasteiger charge is 2.41. The first-order valence-corrected chi connectivity index (χ1v) is 7.88. The molecule has 0 aromatic rings. The number of ether oxygens (including phenoxy) is 1. The summed E-state index contributed by atoms with van der Waals surface area (Å²) >= 11 is 0. The van der Waals surface area contributed by atoms with Crippen LogP contribution in [0, 0.1) is 0 Å². The van der Waals surface area contributed by atoms with Gasteiger partial charge in [0.15, 0.2) is 5.96 Å². The summed E-state index contributed by atoms with van der Waals surface area (Å²) in [7, 11) is 0. The molecule has 2 aliphatic heterocycles. The van der Waals surface area contributed by atoms with Crippen LogP contribution in [0.5, 0.6) is 0 Å². The lowest BCUT2D eigenvalue weighted by atomic mass is 9.96. The number of aliphatic imine (C=N–C) groups is 1. The molecule has 3 atom stereocenters. The number of nitrogens with zero attached hydrogens (tertiary/aromatic N) is 1. The molecule has 21 heavy (non-hydrogen) atoms. The molecule has 0 spiro atoms. The second-order valence-corrected chi connectivity index (χ2v) is 6.85. The fraction of sp³-hybridized carbons (Fsp3) is 0.867. The van der Waals surface area contributed by atoms with Crippen molar-refractivity contribution in [1.82, 2.24) is 16.0 Å². The number of hydrogen-bond acceptors (Lipinski definition) is 3. The summed E-state index contributed by atoms with van der Waals surface area (Å²) in [6.07, 6.45) is 4.02. The fourth-order valence-electron chi connectivity index (χ4n) is 2.89. The molecule has 2 heterocycles. The number of nitrogens with one attached hydrogen (secondary N) is 3. The van der Waals surface area contributed by atoms with E-state index in [1.165, 1.54) is 6.42 Å².